The molecule has 1 atom stereocenters. The molecule has 0 spiro atoms. The second-order valence-electron chi connectivity index (χ2n) is 9.77. The van der Waals surface area contributed by atoms with E-state index in [1.807, 2.05) is 55.5 Å². The van der Waals surface area contributed by atoms with Gasteiger partial charge in [-0.3, -0.25) is 13.9 Å². The first-order valence-corrected chi connectivity index (χ1v) is 14.7. The minimum absolute atomic E-state index is 0.124. The SMILES string of the molecule is Cc1cccc(N(CCCC(=O)N(CCc2ccccc2)[C@H](C)C(=O)NC2CCCC2)S(C)(=O)=O)c1. The normalized spacial score (nSPS) is 14.9. The molecule has 1 saturated carbocycles. The van der Waals surface area contributed by atoms with Crippen LogP contribution < -0.4 is 9.62 Å². The van der Waals surface area contributed by atoms with Crippen LogP contribution in [0.4, 0.5) is 5.69 Å². The summed E-state index contributed by atoms with van der Waals surface area (Å²) in [5.74, 6) is -0.265. The van der Waals surface area contributed by atoms with Gasteiger partial charge in [-0.2, -0.15) is 0 Å². The summed E-state index contributed by atoms with van der Waals surface area (Å²) in [6.45, 7) is 4.32. The number of carbonyl (C=O) groups excluding carboxylic acids is 2. The minimum Gasteiger partial charge on any atom is -0.352 e. The summed E-state index contributed by atoms with van der Waals surface area (Å²) in [5, 5.41) is 3.11. The van der Waals surface area contributed by atoms with Crippen molar-refractivity contribution in [2.75, 3.05) is 23.7 Å². The Morgan fingerprint density at radius 2 is 1.72 bits per heavy atom. The van der Waals surface area contributed by atoms with Gasteiger partial charge in [0.1, 0.15) is 6.04 Å². The first kappa shape index (κ1) is 27.7. The van der Waals surface area contributed by atoms with Gasteiger partial charge >= 0.3 is 0 Å². The van der Waals surface area contributed by atoms with Gasteiger partial charge in [-0.15, -0.1) is 0 Å². The Balaban J connectivity index is 1.67. The van der Waals surface area contributed by atoms with E-state index in [9.17, 15) is 18.0 Å². The quantitative estimate of drug-likeness (QED) is 0.464. The van der Waals surface area contributed by atoms with Crippen LogP contribution in [0.2, 0.25) is 0 Å². The Morgan fingerprint density at radius 1 is 1.03 bits per heavy atom. The van der Waals surface area contributed by atoms with Gasteiger partial charge in [-0.05, 0) is 62.8 Å². The standard InChI is InChI=1S/C28H39N3O4S/c1-22-11-9-16-26(21-22)31(36(3,34)35)19-10-17-27(32)30(20-18-24-12-5-4-6-13-24)23(2)28(33)29-25-14-7-8-15-25/h4-6,9,11-13,16,21,23,25H,7-8,10,14-15,17-20H2,1-3H3,(H,29,33)/t23-/m1/s1. The third-order valence-corrected chi connectivity index (χ3v) is 7.99. The van der Waals surface area contributed by atoms with Crippen LogP contribution >= 0.6 is 0 Å². The Morgan fingerprint density at radius 3 is 2.36 bits per heavy atom. The van der Waals surface area contributed by atoms with Gasteiger partial charge in [0, 0.05) is 25.6 Å². The molecule has 1 aliphatic carbocycles. The molecule has 0 aliphatic heterocycles. The van der Waals surface area contributed by atoms with Gasteiger partial charge < -0.3 is 10.2 Å². The molecule has 3 rings (SSSR count). The summed E-state index contributed by atoms with van der Waals surface area (Å²) in [6, 6.07) is 16.8. The second-order valence-corrected chi connectivity index (χ2v) is 11.7. The number of hydrogen-bond acceptors (Lipinski definition) is 4. The van der Waals surface area contributed by atoms with Crippen LogP contribution in [-0.2, 0) is 26.0 Å². The van der Waals surface area contributed by atoms with E-state index in [4.69, 9.17) is 0 Å². The highest BCUT2D eigenvalue weighted by Crippen LogP contribution is 2.21. The maximum atomic E-state index is 13.3. The van der Waals surface area contributed by atoms with Crippen molar-refractivity contribution in [2.45, 2.75) is 70.9 Å². The van der Waals surface area contributed by atoms with Crippen LogP contribution in [0.5, 0.6) is 0 Å². The zero-order valence-corrected chi connectivity index (χ0v) is 22.5. The van der Waals surface area contributed by atoms with Crippen molar-refractivity contribution < 1.29 is 18.0 Å². The summed E-state index contributed by atoms with van der Waals surface area (Å²) in [4.78, 5) is 28.0. The fourth-order valence-electron chi connectivity index (χ4n) is 4.75. The number of hydrogen-bond donors (Lipinski definition) is 1. The van der Waals surface area contributed by atoms with Gasteiger partial charge in [0.2, 0.25) is 21.8 Å². The molecular formula is C28H39N3O4S. The average molecular weight is 514 g/mol. The summed E-state index contributed by atoms with van der Waals surface area (Å²) >= 11 is 0. The van der Waals surface area contributed by atoms with Crippen molar-refractivity contribution in [1.82, 2.24) is 10.2 Å². The number of anilines is 1. The molecule has 2 aromatic rings. The molecule has 36 heavy (non-hydrogen) atoms. The first-order chi connectivity index (χ1) is 17.1. The van der Waals surface area contributed by atoms with Crippen LogP contribution in [0.15, 0.2) is 54.6 Å². The van der Waals surface area contributed by atoms with Crippen molar-refractivity contribution in [1.29, 1.82) is 0 Å². The minimum atomic E-state index is -3.50. The van der Waals surface area contributed by atoms with Crippen LogP contribution in [0.3, 0.4) is 0 Å². The molecule has 0 bridgehead atoms. The van der Waals surface area contributed by atoms with Crippen LogP contribution in [0, 0.1) is 6.92 Å². The number of nitrogens with zero attached hydrogens (tertiary/aromatic N) is 2. The lowest BCUT2D eigenvalue weighted by atomic mass is 10.1. The Kier molecular flexibility index (Phi) is 9.93. The third kappa shape index (κ3) is 8.08. The van der Waals surface area contributed by atoms with Crippen LogP contribution in [0.1, 0.15) is 56.6 Å². The highest BCUT2D eigenvalue weighted by molar-refractivity contribution is 7.92. The van der Waals surface area contributed by atoms with E-state index in [1.54, 1.807) is 17.9 Å². The summed E-state index contributed by atoms with van der Waals surface area (Å²) in [5.41, 5.74) is 2.66. The highest BCUT2D eigenvalue weighted by Gasteiger charge is 2.28. The van der Waals surface area contributed by atoms with Crippen molar-refractivity contribution in [3.63, 3.8) is 0 Å². The van der Waals surface area contributed by atoms with E-state index in [-0.39, 0.29) is 30.8 Å². The summed E-state index contributed by atoms with van der Waals surface area (Å²) < 4.78 is 26.2. The fourth-order valence-corrected chi connectivity index (χ4v) is 5.71. The monoisotopic (exact) mass is 513 g/mol. The molecule has 2 amide bonds. The smallest absolute Gasteiger partial charge is 0.242 e. The molecule has 0 saturated heterocycles. The molecule has 8 heteroatoms. The largest absolute Gasteiger partial charge is 0.352 e. The summed E-state index contributed by atoms with van der Waals surface area (Å²) in [6.07, 6.45) is 6.55. The van der Waals surface area contributed by atoms with E-state index in [0.29, 0.717) is 25.1 Å². The van der Waals surface area contributed by atoms with Gasteiger partial charge in [0.15, 0.2) is 0 Å². The Bertz CT molecular complexity index is 1110. The zero-order valence-electron chi connectivity index (χ0n) is 21.7. The maximum absolute atomic E-state index is 13.3. The number of nitrogens with one attached hydrogen (secondary N) is 1. The molecule has 1 N–H and O–H groups in total. The molecule has 196 valence electrons. The molecule has 0 heterocycles. The lowest BCUT2D eigenvalue weighted by Crippen LogP contribution is -2.50. The molecule has 0 unspecified atom stereocenters. The lowest BCUT2D eigenvalue weighted by molar-refractivity contribution is -0.140. The molecule has 1 fully saturated rings. The predicted octanol–water partition coefficient (Wildman–Crippen LogP) is 4.06. The van der Waals surface area contributed by atoms with Gasteiger partial charge in [-0.25, -0.2) is 8.42 Å². The number of benzene rings is 2. The first-order valence-electron chi connectivity index (χ1n) is 12.8. The number of carbonyl (C=O) groups is 2. The molecule has 0 radical (unpaired) electrons. The number of sulfonamides is 1. The highest BCUT2D eigenvalue weighted by atomic mass is 32.2. The lowest BCUT2D eigenvalue weighted by Gasteiger charge is -2.30. The number of rotatable bonds is 12. The number of aryl methyl sites for hydroxylation is 1. The molecular weight excluding hydrogens is 474 g/mol. The van der Waals surface area contributed by atoms with E-state index < -0.39 is 16.1 Å². The fraction of sp³-hybridized carbons (Fsp3) is 0.500. The Hall–Kier alpha value is -2.87. The van der Waals surface area contributed by atoms with Crippen molar-refractivity contribution in [2.24, 2.45) is 0 Å². The van der Waals surface area contributed by atoms with Crippen LogP contribution in [-0.4, -0.2) is 56.6 Å². The molecule has 1 aliphatic rings. The third-order valence-electron chi connectivity index (χ3n) is 6.79. The van der Waals surface area contributed by atoms with Gasteiger partial charge in [0.05, 0.1) is 11.9 Å². The van der Waals surface area contributed by atoms with Crippen molar-refractivity contribution in [3.8, 4) is 0 Å². The zero-order chi connectivity index (χ0) is 26.1. The average Bonchev–Trinajstić information content (AvgIpc) is 3.34. The van der Waals surface area contributed by atoms with E-state index in [0.717, 1.165) is 36.8 Å². The molecule has 2 aromatic carbocycles. The number of amides is 2. The van der Waals surface area contributed by atoms with E-state index in [1.165, 1.54) is 10.6 Å². The maximum Gasteiger partial charge on any atom is 0.242 e. The van der Waals surface area contributed by atoms with Gasteiger partial charge in [-0.1, -0.05) is 55.3 Å². The molecule has 7 nitrogen and oxygen atoms in total. The second kappa shape index (κ2) is 12.9. The van der Waals surface area contributed by atoms with Gasteiger partial charge in [0.25, 0.3) is 0 Å². The van der Waals surface area contributed by atoms with Crippen molar-refractivity contribution in [3.05, 3.63) is 65.7 Å². The van der Waals surface area contributed by atoms with Crippen LogP contribution in [0.25, 0.3) is 0 Å². The molecule has 0 aromatic heterocycles. The topological polar surface area (TPSA) is 86.8 Å². The van der Waals surface area contributed by atoms with Crippen molar-refractivity contribution >= 4 is 27.5 Å². The Labute approximate surface area is 215 Å². The summed E-state index contributed by atoms with van der Waals surface area (Å²) in [7, 11) is -3.50. The predicted molar refractivity (Wildman–Crippen MR) is 144 cm³/mol. The van der Waals surface area contributed by atoms with E-state index >= 15 is 0 Å². The van der Waals surface area contributed by atoms with E-state index in [2.05, 4.69) is 5.32 Å².